The predicted octanol–water partition coefficient (Wildman–Crippen LogP) is 6.11. The number of rotatable bonds is 9. The largest absolute Gasteiger partial charge is 0.389 e. The monoisotopic (exact) mass is 570 g/mol. The van der Waals surface area contributed by atoms with Crippen molar-refractivity contribution in [2.45, 2.75) is 89.4 Å². The summed E-state index contributed by atoms with van der Waals surface area (Å²) in [6.07, 6.45) is -0.583. The topological polar surface area (TPSA) is 105 Å². The summed E-state index contributed by atoms with van der Waals surface area (Å²) >= 11 is 0. The first-order valence-electron chi connectivity index (χ1n) is 13.4. The highest BCUT2D eigenvalue weighted by Crippen LogP contribution is 2.32. The molecule has 0 saturated heterocycles. The van der Waals surface area contributed by atoms with E-state index in [1.807, 2.05) is 13.0 Å². The SMILES string of the molecule is CCCC(NC(=O)CCC(F)(F)F)c1ccc2nc(CNC(=O)c3ccnn3C)[nH]c2c1.FC1(F)CCCCC1. The second kappa shape index (κ2) is 13.7. The molecule has 2 amide bonds. The number of alkyl halides is 5. The number of hydrogen-bond donors (Lipinski definition) is 3. The number of carbonyl (C=O) groups is 2. The number of aromatic nitrogens is 4. The number of halogens is 5. The molecule has 0 radical (unpaired) electrons. The molecular weight excluding hydrogens is 535 g/mol. The van der Waals surface area contributed by atoms with Crippen LogP contribution < -0.4 is 10.6 Å². The van der Waals surface area contributed by atoms with Gasteiger partial charge in [0.05, 0.1) is 30.0 Å². The second-order valence-corrected chi connectivity index (χ2v) is 9.92. The lowest BCUT2D eigenvalue weighted by atomic mass is 9.97. The predicted molar refractivity (Wildman–Crippen MR) is 140 cm³/mol. The maximum absolute atomic E-state index is 12.4. The van der Waals surface area contributed by atoms with Crippen molar-refractivity contribution in [3.05, 3.63) is 47.5 Å². The molecule has 1 aliphatic rings. The Morgan fingerprint density at radius 2 is 1.88 bits per heavy atom. The van der Waals surface area contributed by atoms with Gasteiger partial charge in [0.2, 0.25) is 11.8 Å². The third-order valence-corrected chi connectivity index (χ3v) is 6.56. The maximum Gasteiger partial charge on any atom is 0.389 e. The van der Waals surface area contributed by atoms with Crippen LogP contribution in [0.25, 0.3) is 11.0 Å². The summed E-state index contributed by atoms with van der Waals surface area (Å²) in [6, 6.07) is 6.60. The summed E-state index contributed by atoms with van der Waals surface area (Å²) in [5, 5.41) is 9.43. The van der Waals surface area contributed by atoms with E-state index in [0.29, 0.717) is 41.8 Å². The summed E-state index contributed by atoms with van der Waals surface area (Å²) in [5.41, 5.74) is 2.58. The molecule has 0 bridgehead atoms. The molecule has 1 unspecified atom stereocenters. The van der Waals surface area contributed by atoms with Crippen molar-refractivity contribution in [1.82, 2.24) is 30.4 Å². The molecule has 1 atom stereocenters. The fourth-order valence-electron chi connectivity index (χ4n) is 4.43. The number of amides is 2. The number of aromatic amines is 1. The first kappa shape index (κ1) is 31.0. The molecule has 1 fully saturated rings. The molecule has 2 heterocycles. The minimum atomic E-state index is -4.37. The molecule has 0 aliphatic heterocycles. The van der Waals surface area contributed by atoms with E-state index >= 15 is 0 Å². The van der Waals surface area contributed by atoms with Crippen molar-refractivity contribution in [2.24, 2.45) is 7.05 Å². The lowest BCUT2D eigenvalue weighted by molar-refractivity contribution is -0.144. The summed E-state index contributed by atoms with van der Waals surface area (Å²) in [6.45, 7) is 2.12. The lowest BCUT2D eigenvalue weighted by Gasteiger charge is -2.20. The van der Waals surface area contributed by atoms with E-state index in [2.05, 4.69) is 25.7 Å². The fourth-order valence-corrected chi connectivity index (χ4v) is 4.43. The van der Waals surface area contributed by atoms with E-state index in [0.717, 1.165) is 18.4 Å². The normalized spacial score (nSPS) is 15.7. The third kappa shape index (κ3) is 9.60. The first-order valence-corrected chi connectivity index (χ1v) is 13.4. The molecule has 4 rings (SSSR count). The summed E-state index contributed by atoms with van der Waals surface area (Å²) in [4.78, 5) is 31.8. The van der Waals surface area contributed by atoms with Gasteiger partial charge in [0.25, 0.3) is 5.91 Å². The van der Waals surface area contributed by atoms with Crippen LogP contribution in [0.2, 0.25) is 0 Å². The molecule has 1 saturated carbocycles. The highest BCUT2D eigenvalue weighted by Gasteiger charge is 2.30. The smallest absolute Gasteiger partial charge is 0.349 e. The van der Waals surface area contributed by atoms with Crippen molar-refractivity contribution >= 4 is 22.8 Å². The Labute approximate surface area is 229 Å². The van der Waals surface area contributed by atoms with Crippen LogP contribution in [0.4, 0.5) is 22.0 Å². The maximum atomic E-state index is 12.4. The van der Waals surface area contributed by atoms with Crippen LogP contribution in [0.5, 0.6) is 0 Å². The zero-order valence-corrected chi connectivity index (χ0v) is 22.6. The zero-order chi connectivity index (χ0) is 29.3. The van der Waals surface area contributed by atoms with Crippen molar-refractivity contribution in [1.29, 1.82) is 0 Å². The van der Waals surface area contributed by atoms with Gasteiger partial charge in [-0.25, -0.2) is 13.8 Å². The highest BCUT2D eigenvalue weighted by molar-refractivity contribution is 5.92. The van der Waals surface area contributed by atoms with Gasteiger partial charge in [0, 0.05) is 32.5 Å². The van der Waals surface area contributed by atoms with Gasteiger partial charge in [-0.3, -0.25) is 14.3 Å². The molecule has 8 nitrogen and oxygen atoms in total. The minimum absolute atomic E-state index is 0.118. The van der Waals surface area contributed by atoms with Crippen LogP contribution in [0, 0.1) is 0 Å². The van der Waals surface area contributed by atoms with Gasteiger partial charge >= 0.3 is 6.18 Å². The van der Waals surface area contributed by atoms with Crippen LogP contribution in [0.3, 0.4) is 0 Å². The molecule has 3 aromatic rings. The molecule has 3 N–H and O–H groups in total. The molecule has 1 aliphatic carbocycles. The number of aryl methyl sites for hydroxylation is 1. The standard InChI is InChI=1S/C21H25F3N6O2.C6H10F2/c1-3-4-14(29-19(31)7-9-21(22,23)24)13-5-6-15-16(11-13)28-18(27-15)12-25-20(32)17-8-10-26-30(17)2;7-6(8)4-2-1-3-5-6/h5-6,8,10-11,14H,3-4,7,9,12H2,1-2H3,(H,25,32)(H,27,28)(H,29,31);1-5H2. The van der Waals surface area contributed by atoms with Crippen LogP contribution in [0.1, 0.15) is 92.6 Å². The Balaban J connectivity index is 0.000000472. The Hall–Kier alpha value is -3.51. The van der Waals surface area contributed by atoms with Crippen molar-refractivity contribution in [3.63, 3.8) is 0 Å². The molecular formula is C27H35F5N6O2. The van der Waals surface area contributed by atoms with Gasteiger partial charge < -0.3 is 15.6 Å². The second-order valence-electron chi connectivity index (χ2n) is 9.92. The molecule has 40 heavy (non-hydrogen) atoms. The van der Waals surface area contributed by atoms with E-state index in [1.54, 1.807) is 25.2 Å². The first-order chi connectivity index (χ1) is 18.9. The Morgan fingerprint density at radius 1 is 1.15 bits per heavy atom. The van der Waals surface area contributed by atoms with E-state index in [-0.39, 0.29) is 25.3 Å². The zero-order valence-electron chi connectivity index (χ0n) is 22.6. The number of hydrogen-bond acceptors (Lipinski definition) is 4. The number of nitrogens with one attached hydrogen (secondary N) is 3. The van der Waals surface area contributed by atoms with Crippen LogP contribution in [-0.4, -0.2) is 43.7 Å². The van der Waals surface area contributed by atoms with Crippen LogP contribution in [0.15, 0.2) is 30.5 Å². The molecule has 2 aromatic heterocycles. The Bertz CT molecular complexity index is 1260. The average Bonchev–Trinajstić information content (AvgIpc) is 3.51. The van der Waals surface area contributed by atoms with Gasteiger partial charge in [-0.1, -0.05) is 25.8 Å². The van der Waals surface area contributed by atoms with E-state index in [9.17, 15) is 31.5 Å². The minimum Gasteiger partial charge on any atom is -0.349 e. The number of fused-ring (bicyclic) bond motifs is 1. The van der Waals surface area contributed by atoms with Crippen molar-refractivity contribution < 1.29 is 31.5 Å². The molecule has 13 heteroatoms. The van der Waals surface area contributed by atoms with E-state index in [1.165, 1.54) is 10.9 Å². The molecule has 220 valence electrons. The Kier molecular flexibility index (Phi) is 10.6. The number of carbonyl (C=O) groups excluding carboxylic acids is 2. The Morgan fingerprint density at radius 3 is 2.45 bits per heavy atom. The van der Waals surface area contributed by atoms with Crippen molar-refractivity contribution in [3.8, 4) is 0 Å². The summed E-state index contributed by atoms with van der Waals surface area (Å²) in [7, 11) is 1.67. The number of nitrogens with zero attached hydrogens (tertiary/aromatic N) is 3. The lowest BCUT2D eigenvalue weighted by Crippen LogP contribution is -2.29. The van der Waals surface area contributed by atoms with Gasteiger partial charge in [-0.05, 0) is 43.0 Å². The summed E-state index contributed by atoms with van der Waals surface area (Å²) < 4.78 is 63.1. The quantitative estimate of drug-likeness (QED) is 0.270. The highest BCUT2D eigenvalue weighted by atomic mass is 19.4. The van der Waals surface area contributed by atoms with Gasteiger partial charge in [0.1, 0.15) is 11.5 Å². The van der Waals surface area contributed by atoms with Crippen LogP contribution >= 0.6 is 0 Å². The number of imidazole rings is 1. The van der Waals surface area contributed by atoms with Crippen LogP contribution in [-0.2, 0) is 18.4 Å². The van der Waals surface area contributed by atoms with Gasteiger partial charge in [-0.2, -0.15) is 18.3 Å². The average molecular weight is 571 g/mol. The summed E-state index contributed by atoms with van der Waals surface area (Å²) in [5.74, 6) is -2.69. The van der Waals surface area contributed by atoms with Gasteiger partial charge in [-0.15, -0.1) is 0 Å². The third-order valence-electron chi connectivity index (χ3n) is 6.56. The van der Waals surface area contributed by atoms with E-state index in [4.69, 9.17) is 0 Å². The number of H-pyrrole nitrogens is 1. The molecule has 0 spiro atoms. The van der Waals surface area contributed by atoms with Gasteiger partial charge in [0.15, 0.2) is 0 Å². The van der Waals surface area contributed by atoms with E-state index < -0.39 is 36.9 Å². The number of benzene rings is 1. The molecule has 1 aromatic carbocycles. The van der Waals surface area contributed by atoms with Crippen molar-refractivity contribution in [2.75, 3.05) is 0 Å². The fraction of sp³-hybridized carbons (Fsp3) is 0.556.